The summed E-state index contributed by atoms with van der Waals surface area (Å²) in [7, 11) is 0. The number of nitrogens with one attached hydrogen (secondary N) is 1. The Labute approximate surface area is 193 Å². The molecule has 1 fully saturated rings. The molecule has 5 rings (SSSR count). The minimum Gasteiger partial charge on any atom is -0.507 e. The Morgan fingerprint density at radius 3 is 2.50 bits per heavy atom. The van der Waals surface area contributed by atoms with E-state index in [1.807, 2.05) is 18.2 Å². The van der Waals surface area contributed by atoms with E-state index in [9.17, 15) is 25.5 Å². The molecule has 0 saturated carbocycles. The maximum Gasteiger partial charge on any atom is 0.229 e. The zero-order chi connectivity index (χ0) is 23.8. The quantitative estimate of drug-likeness (QED) is 0.306. The molecule has 0 unspecified atom stereocenters. The third-order valence-corrected chi connectivity index (χ3v) is 5.83. The second-order valence-electron chi connectivity index (χ2n) is 8.01. The average molecular weight is 472 g/mol. The highest BCUT2D eigenvalue weighted by Gasteiger charge is 2.44. The molecule has 0 radical (unpaired) electrons. The number of aromatic amines is 1. The molecule has 2 aliphatic heterocycles. The second-order valence-corrected chi connectivity index (χ2v) is 8.01. The molecule has 1 aromatic heterocycles. The lowest BCUT2D eigenvalue weighted by atomic mass is 9.99. The smallest absolute Gasteiger partial charge is 0.229 e. The van der Waals surface area contributed by atoms with E-state index in [-0.39, 0.29) is 11.5 Å². The number of hydrogen-bond donors (Lipinski definition) is 6. The molecule has 5 atom stereocenters. The molecule has 2 aromatic carbocycles. The molecular formula is C23H24N2O9. The van der Waals surface area contributed by atoms with Crippen LogP contribution in [-0.4, -0.2) is 86.3 Å². The summed E-state index contributed by atoms with van der Waals surface area (Å²) < 4.78 is 22.1. The summed E-state index contributed by atoms with van der Waals surface area (Å²) in [5, 5.41) is 57.0. The van der Waals surface area contributed by atoms with Gasteiger partial charge in [0, 0.05) is 17.2 Å². The van der Waals surface area contributed by atoms with Crippen LogP contribution >= 0.6 is 0 Å². The Morgan fingerprint density at radius 1 is 0.941 bits per heavy atom. The molecule has 3 aromatic rings. The van der Waals surface area contributed by atoms with Gasteiger partial charge in [-0.15, -0.1) is 0 Å². The zero-order valence-corrected chi connectivity index (χ0v) is 17.9. The second kappa shape index (κ2) is 9.12. The van der Waals surface area contributed by atoms with Gasteiger partial charge >= 0.3 is 0 Å². The number of fused-ring (bicyclic) bond motifs is 1. The number of hydrogen-bond acceptors (Lipinski definition) is 10. The van der Waals surface area contributed by atoms with Crippen LogP contribution in [0.2, 0.25) is 0 Å². The summed E-state index contributed by atoms with van der Waals surface area (Å²) in [5.41, 5.74) is 2.56. The molecule has 11 nitrogen and oxygen atoms in total. The number of aliphatic hydroxyl groups excluding tert-OH is 4. The van der Waals surface area contributed by atoms with Crippen LogP contribution < -0.4 is 14.2 Å². The van der Waals surface area contributed by atoms with Crippen LogP contribution in [0.1, 0.15) is 0 Å². The SMILES string of the molecule is OC[C@H]1O[C@@H](Oc2ccc(-c3[nH]ncc3-c3ccc4c(c3)OCCO4)c(O)c2)[C@H](O)[C@@H](O)[C@@H]1O. The van der Waals surface area contributed by atoms with Crippen molar-refractivity contribution < 1.29 is 44.5 Å². The van der Waals surface area contributed by atoms with Crippen LogP contribution in [0.4, 0.5) is 0 Å². The minimum absolute atomic E-state index is 0.134. The number of phenolic OH excluding ortho intramolecular Hbond substituents is 1. The fourth-order valence-corrected chi connectivity index (χ4v) is 4.02. The van der Waals surface area contributed by atoms with E-state index in [1.165, 1.54) is 6.07 Å². The number of benzene rings is 2. The first-order valence-corrected chi connectivity index (χ1v) is 10.7. The maximum absolute atomic E-state index is 10.7. The van der Waals surface area contributed by atoms with E-state index >= 15 is 0 Å². The number of aromatic nitrogens is 2. The van der Waals surface area contributed by atoms with Crippen LogP contribution in [0, 0.1) is 0 Å². The third-order valence-electron chi connectivity index (χ3n) is 5.83. The molecule has 34 heavy (non-hydrogen) atoms. The van der Waals surface area contributed by atoms with Crippen LogP contribution in [0.25, 0.3) is 22.4 Å². The molecular weight excluding hydrogens is 448 g/mol. The average Bonchev–Trinajstić information content (AvgIpc) is 3.34. The highest BCUT2D eigenvalue weighted by Crippen LogP contribution is 2.40. The van der Waals surface area contributed by atoms with Gasteiger partial charge in [0.05, 0.1) is 18.5 Å². The lowest BCUT2D eigenvalue weighted by molar-refractivity contribution is -0.277. The number of nitrogens with zero attached hydrogens (tertiary/aromatic N) is 1. The van der Waals surface area contributed by atoms with Gasteiger partial charge in [0.15, 0.2) is 11.5 Å². The van der Waals surface area contributed by atoms with Crippen LogP contribution in [0.5, 0.6) is 23.0 Å². The summed E-state index contributed by atoms with van der Waals surface area (Å²) in [6.07, 6.45) is -5.44. The summed E-state index contributed by atoms with van der Waals surface area (Å²) in [6, 6.07) is 10.0. The molecule has 0 bridgehead atoms. The van der Waals surface area contributed by atoms with E-state index in [1.54, 1.807) is 18.3 Å². The van der Waals surface area contributed by atoms with E-state index in [4.69, 9.17) is 18.9 Å². The van der Waals surface area contributed by atoms with Gasteiger partial charge in [-0.25, -0.2) is 0 Å². The fraction of sp³-hybridized carbons (Fsp3) is 0.348. The van der Waals surface area contributed by atoms with Crippen molar-refractivity contribution in [2.45, 2.75) is 30.7 Å². The first-order valence-electron chi connectivity index (χ1n) is 10.7. The van der Waals surface area contributed by atoms with Gasteiger partial charge in [-0.3, -0.25) is 5.10 Å². The number of phenols is 1. The van der Waals surface area contributed by atoms with Crippen LogP contribution in [0.15, 0.2) is 42.6 Å². The van der Waals surface area contributed by atoms with Gasteiger partial charge in [0.25, 0.3) is 0 Å². The van der Waals surface area contributed by atoms with E-state index < -0.39 is 37.3 Å². The highest BCUT2D eigenvalue weighted by atomic mass is 16.7. The molecule has 0 aliphatic carbocycles. The van der Waals surface area contributed by atoms with Crippen molar-refractivity contribution in [3.8, 4) is 45.4 Å². The van der Waals surface area contributed by atoms with Crippen molar-refractivity contribution >= 4 is 0 Å². The molecule has 0 amide bonds. The summed E-state index contributed by atoms with van der Waals surface area (Å²) in [4.78, 5) is 0. The van der Waals surface area contributed by atoms with E-state index in [0.717, 1.165) is 11.1 Å². The van der Waals surface area contributed by atoms with E-state index in [0.29, 0.717) is 36.0 Å². The van der Waals surface area contributed by atoms with Crippen molar-refractivity contribution in [1.82, 2.24) is 10.2 Å². The number of H-pyrrole nitrogens is 1. The Hall–Kier alpha value is -3.35. The molecule has 6 N–H and O–H groups in total. The number of rotatable bonds is 5. The lowest BCUT2D eigenvalue weighted by Crippen LogP contribution is -2.60. The topological polar surface area (TPSA) is 167 Å². The zero-order valence-electron chi connectivity index (χ0n) is 17.9. The molecule has 180 valence electrons. The normalized spacial score (nSPS) is 26.3. The monoisotopic (exact) mass is 472 g/mol. The van der Waals surface area contributed by atoms with Crippen molar-refractivity contribution in [2.24, 2.45) is 0 Å². The maximum atomic E-state index is 10.7. The van der Waals surface area contributed by atoms with Gasteiger partial charge in [-0.1, -0.05) is 6.07 Å². The Morgan fingerprint density at radius 2 is 1.74 bits per heavy atom. The van der Waals surface area contributed by atoms with E-state index in [2.05, 4.69) is 10.2 Å². The van der Waals surface area contributed by atoms with Crippen LogP contribution in [-0.2, 0) is 4.74 Å². The summed E-state index contributed by atoms with van der Waals surface area (Å²) in [5.74, 6) is 1.30. The Kier molecular flexibility index (Phi) is 6.02. The first-order chi connectivity index (χ1) is 16.5. The molecule has 0 spiro atoms. The Bertz CT molecular complexity index is 1170. The molecule has 2 aliphatic rings. The number of ether oxygens (including phenoxy) is 4. The van der Waals surface area contributed by atoms with Crippen molar-refractivity contribution in [1.29, 1.82) is 0 Å². The molecule has 3 heterocycles. The Balaban J connectivity index is 1.39. The van der Waals surface area contributed by atoms with Gasteiger partial charge in [-0.05, 0) is 29.8 Å². The standard InChI is InChI=1S/C23H24N2O9/c26-10-18-20(28)21(29)22(30)23(34-18)33-12-2-3-13(15(27)8-12)19-14(9-24-25-19)11-1-4-16-17(7-11)32-6-5-31-16/h1-4,7-9,18,20-23,26-30H,5-6,10H2,(H,24,25)/t18-,20-,21+,22-,23-/m1/s1. The summed E-state index contributed by atoms with van der Waals surface area (Å²) in [6.45, 7) is 0.386. The fourth-order valence-electron chi connectivity index (χ4n) is 4.02. The van der Waals surface area contributed by atoms with Crippen LogP contribution in [0.3, 0.4) is 0 Å². The largest absolute Gasteiger partial charge is 0.507 e. The third kappa shape index (κ3) is 4.04. The van der Waals surface area contributed by atoms with Crippen molar-refractivity contribution in [3.63, 3.8) is 0 Å². The lowest BCUT2D eigenvalue weighted by Gasteiger charge is -2.39. The first kappa shape index (κ1) is 22.4. The predicted molar refractivity (Wildman–Crippen MR) is 117 cm³/mol. The van der Waals surface area contributed by atoms with Gasteiger partial charge in [0.1, 0.15) is 49.1 Å². The number of aromatic hydroxyl groups is 1. The molecule has 11 heteroatoms. The van der Waals surface area contributed by atoms with Gasteiger partial charge < -0.3 is 44.5 Å². The highest BCUT2D eigenvalue weighted by molar-refractivity contribution is 5.84. The van der Waals surface area contributed by atoms with Crippen molar-refractivity contribution in [3.05, 3.63) is 42.6 Å². The minimum atomic E-state index is -1.57. The molecule has 1 saturated heterocycles. The van der Waals surface area contributed by atoms with Crippen molar-refractivity contribution in [2.75, 3.05) is 19.8 Å². The summed E-state index contributed by atoms with van der Waals surface area (Å²) >= 11 is 0. The van der Waals surface area contributed by atoms with Gasteiger partial charge in [-0.2, -0.15) is 5.10 Å². The predicted octanol–water partition coefficient (Wildman–Crippen LogP) is 0.399. The number of aliphatic hydroxyl groups is 4. The van der Waals surface area contributed by atoms with Gasteiger partial charge in [0.2, 0.25) is 6.29 Å².